The lowest BCUT2D eigenvalue weighted by Crippen LogP contribution is -2.22. The number of rotatable bonds is 1. The number of nitrogens with one attached hydrogen (secondary N) is 1. The fourth-order valence-corrected chi connectivity index (χ4v) is 2.29. The second-order valence-corrected chi connectivity index (χ2v) is 4.52. The van der Waals surface area contributed by atoms with Gasteiger partial charge in [0.2, 0.25) is 0 Å². The van der Waals surface area contributed by atoms with Gasteiger partial charge in [-0.25, -0.2) is 0 Å². The van der Waals surface area contributed by atoms with E-state index in [9.17, 15) is 0 Å². The number of nitrogens with zero attached hydrogens (tertiary/aromatic N) is 1. The third kappa shape index (κ3) is 2.01. The summed E-state index contributed by atoms with van der Waals surface area (Å²) in [6, 6.07) is 4.93. The standard InChI is InChI=1S/C12H20N2/c1-10-5-6-11(13-8-7-10)12-4-3-9-14(12)2/h3-4,9-11,13H,5-8H2,1-2H3/t10-,11-/m1/s1. The molecule has 1 fully saturated rings. The summed E-state index contributed by atoms with van der Waals surface area (Å²) in [6.45, 7) is 3.52. The van der Waals surface area contributed by atoms with E-state index in [0.717, 1.165) is 12.5 Å². The van der Waals surface area contributed by atoms with Crippen molar-refractivity contribution >= 4 is 0 Å². The lowest BCUT2D eigenvalue weighted by atomic mass is 10.0. The molecule has 1 aliphatic rings. The predicted molar refractivity (Wildman–Crippen MR) is 59.2 cm³/mol. The summed E-state index contributed by atoms with van der Waals surface area (Å²) in [5.41, 5.74) is 1.43. The molecule has 0 spiro atoms. The Balaban J connectivity index is 2.08. The van der Waals surface area contributed by atoms with Crippen LogP contribution in [0.5, 0.6) is 0 Å². The first-order valence-electron chi connectivity index (χ1n) is 5.62. The van der Waals surface area contributed by atoms with Crippen molar-refractivity contribution in [2.45, 2.75) is 32.2 Å². The second kappa shape index (κ2) is 4.18. The van der Waals surface area contributed by atoms with Crippen molar-refractivity contribution in [2.24, 2.45) is 13.0 Å². The van der Waals surface area contributed by atoms with E-state index in [-0.39, 0.29) is 0 Å². The van der Waals surface area contributed by atoms with Crippen molar-refractivity contribution in [2.75, 3.05) is 6.54 Å². The molecule has 2 heteroatoms. The Morgan fingerprint density at radius 1 is 1.36 bits per heavy atom. The van der Waals surface area contributed by atoms with Crippen LogP contribution in [-0.2, 0) is 7.05 Å². The molecule has 2 rings (SSSR count). The van der Waals surface area contributed by atoms with Gasteiger partial charge in [0.05, 0.1) is 0 Å². The highest BCUT2D eigenvalue weighted by Crippen LogP contribution is 2.25. The first-order chi connectivity index (χ1) is 6.77. The maximum atomic E-state index is 3.63. The zero-order chi connectivity index (χ0) is 9.97. The van der Waals surface area contributed by atoms with Gasteiger partial charge < -0.3 is 9.88 Å². The van der Waals surface area contributed by atoms with E-state index < -0.39 is 0 Å². The molecule has 0 bridgehead atoms. The van der Waals surface area contributed by atoms with Gasteiger partial charge in [0.25, 0.3) is 0 Å². The van der Waals surface area contributed by atoms with E-state index in [1.807, 2.05) is 0 Å². The van der Waals surface area contributed by atoms with Crippen molar-refractivity contribution in [3.05, 3.63) is 24.0 Å². The van der Waals surface area contributed by atoms with Crippen LogP contribution in [0.1, 0.15) is 37.9 Å². The summed E-state index contributed by atoms with van der Waals surface area (Å²) >= 11 is 0. The highest BCUT2D eigenvalue weighted by Gasteiger charge is 2.18. The van der Waals surface area contributed by atoms with Crippen molar-refractivity contribution in [3.8, 4) is 0 Å². The summed E-state index contributed by atoms with van der Waals surface area (Å²) in [6.07, 6.45) is 6.08. The highest BCUT2D eigenvalue weighted by atomic mass is 15.0. The lowest BCUT2D eigenvalue weighted by molar-refractivity contribution is 0.488. The number of hydrogen-bond acceptors (Lipinski definition) is 1. The van der Waals surface area contributed by atoms with Crippen LogP contribution in [0.15, 0.2) is 18.3 Å². The topological polar surface area (TPSA) is 17.0 Å². The Labute approximate surface area is 86.3 Å². The largest absolute Gasteiger partial charge is 0.353 e. The zero-order valence-electron chi connectivity index (χ0n) is 9.16. The van der Waals surface area contributed by atoms with E-state index in [0.29, 0.717) is 6.04 Å². The van der Waals surface area contributed by atoms with Crippen LogP contribution in [-0.4, -0.2) is 11.1 Å². The SMILES string of the molecule is C[C@H]1CCN[C@@H](c2cccn2C)CC1. The first-order valence-corrected chi connectivity index (χ1v) is 5.62. The summed E-state index contributed by atoms with van der Waals surface area (Å²) in [4.78, 5) is 0. The average Bonchev–Trinajstić information content (AvgIpc) is 2.46. The van der Waals surface area contributed by atoms with Crippen molar-refractivity contribution < 1.29 is 0 Å². The molecule has 0 aromatic carbocycles. The van der Waals surface area contributed by atoms with Gasteiger partial charge in [0.15, 0.2) is 0 Å². The summed E-state index contributed by atoms with van der Waals surface area (Å²) in [5.74, 6) is 0.882. The van der Waals surface area contributed by atoms with Crippen molar-refractivity contribution in [1.29, 1.82) is 0 Å². The molecule has 1 aliphatic heterocycles. The van der Waals surface area contributed by atoms with Crippen LogP contribution < -0.4 is 5.32 Å². The van der Waals surface area contributed by atoms with Crippen LogP contribution in [0, 0.1) is 5.92 Å². The third-order valence-electron chi connectivity index (χ3n) is 3.32. The third-order valence-corrected chi connectivity index (χ3v) is 3.32. The Hall–Kier alpha value is -0.760. The van der Waals surface area contributed by atoms with E-state index in [4.69, 9.17) is 0 Å². The van der Waals surface area contributed by atoms with Crippen LogP contribution in [0.3, 0.4) is 0 Å². The predicted octanol–water partition coefficient (Wildman–Crippen LogP) is 2.48. The van der Waals surface area contributed by atoms with E-state index in [1.165, 1.54) is 25.0 Å². The Bertz CT molecular complexity index is 290. The quantitative estimate of drug-likeness (QED) is 0.723. The monoisotopic (exact) mass is 192 g/mol. The molecule has 0 saturated carbocycles. The fourth-order valence-electron chi connectivity index (χ4n) is 2.29. The molecule has 1 N–H and O–H groups in total. The van der Waals surface area contributed by atoms with Gasteiger partial charge >= 0.3 is 0 Å². The summed E-state index contributed by atoms with van der Waals surface area (Å²) < 4.78 is 2.23. The van der Waals surface area contributed by atoms with Crippen molar-refractivity contribution in [1.82, 2.24) is 9.88 Å². The van der Waals surface area contributed by atoms with Crippen LogP contribution >= 0.6 is 0 Å². The molecule has 1 aromatic rings. The molecule has 0 radical (unpaired) electrons. The summed E-state index contributed by atoms with van der Waals surface area (Å²) in [7, 11) is 2.13. The molecule has 1 aromatic heterocycles. The van der Waals surface area contributed by atoms with Gasteiger partial charge in [-0.1, -0.05) is 6.92 Å². The number of aromatic nitrogens is 1. The zero-order valence-corrected chi connectivity index (χ0v) is 9.16. The van der Waals surface area contributed by atoms with Crippen LogP contribution in [0.2, 0.25) is 0 Å². The minimum absolute atomic E-state index is 0.569. The maximum absolute atomic E-state index is 3.63. The minimum atomic E-state index is 0.569. The highest BCUT2D eigenvalue weighted by molar-refractivity contribution is 5.11. The molecular formula is C12H20N2. The summed E-state index contributed by atoms with van der Waals surface area (Å²) in [5, 5.41) is 3.63. The number of hydrogen-bond donors (Lipinski definition) is 1. The molecule has 1 saturated heterocycles. The Morgan fingerprint density at radius 2 is 2.21 bits per heavy atom. The Morgan fingerprint density at radius 3 is 2.93 bits per heavy atom. The molecule has 78 valence electrons. The minimum Gasteiger partial charge on any atom is -0.353 e. The molecule has 0 unspecified atom stereocenters. The van der Waals surface area contributed by atoms with Gasteiger partial charge in [0, 0.05) is 25.0 Å². The molecular weight excluding hydrogens is 172 g/mol. The molecule has 0 amide bonds. The maximum Gasteiger partial charge on any atom is 0.0474 e. The van der Waals surface area contributed by atoms with Crippen LogP contribution in [0.4, 0.5) is 0 Å². The van der Waals surface area contributed by atoms with Gasteiger partial charge in [-0.3, -0.25) is 0 Å². The number of aryl methyl sites for hydroxylation is 1. The van der Waals surface area contributed by atoms with Crippen LogP contribution in [0.25, 0.3) is 0 Å². The lowest BCUT2D eigenvalue weighted by Gasteiger charge is -2.16. The first kappa shape index (κ1) is 9.78. The van der Waals surface area contributed by atoms with E-state index >= 15 is 0 Å². The molecule has 0 aliphatic carbocycles. The molecule has 2 nitrogen and oxygen atoms in total. The molecule has 14 heavy (non-hydrogen) atoms. The molecule has 2 heterocycles. The van der Waals surface area contributed by atoms with Gasteiger partial charge in [0.1, 0.15) is 0 Å². The average molecular weight is 192 g/mol. The van der Waals surface area contributed by atoms with Gasteiger partial charge in [-0.15, -0.1) is 0 Å². The van der Waals surface area contributed by atoms with Gasteiger partial charge in [-0.05, 0) is 43.9 Å². The smallest absolute Gasteiger partial charge is 0.0474 e. The van der Waals surface area contributed by atoms with Crippen molar-refractivity contribution in [3.63, 3.8) is 0 Å². The van der Waals surface area contributed by atoms with E-state index in [2.05, 4.69) is 42.2 Å². The van der Waals surface area contributed by atoms with E-state index in [1.54, 1.807) is 0 Å². The second-order valence-electron chi connectivity index (χ2n) is 4.52. The molecule has 2 atom stereocenters. The Kier molecular flexibility index (Phi) is 2.92. The fraction of sp³-hybridized carbons (Fsp3) is 0.667. The van der Waals surface area contributed by atoms with Gasteiger partial charge in [-0.2, -0.15) is 0 Å². The normalized spacial score (nSPS) is 28.7.